The summed E-state index contributed by atoms with van der Waals surface area (Å²) < 4.78 is 5.75. The Morgan fingerprint density at radius 3 is 2.30 bits per heavy atom. The fourth-order valence-electron chi connectivity index (χ4n) is 2.92. The molecule has 122 valence electrons. The van der Waals surface area contributed by atoms with Crippen molar-refractivity contribution in [2.75, 3.05) is 44.2 Å². The summed E-state index contributed by atoms with van der Waals surface area (Å²) >= 11 is 6.28. The molecule has 0 aliphatic carbocycles. The molecule has 1 aliphatic heterocycles. The zero-order valence-corrected chi connectivity index (χ0v) is 14.1. The highest BCUT2D eigenvalue weighted by atomic mass is 35.5. The molecule has 0 radical (unpaired) electrons. The third-order valence-electron chi connectivity index (χ3n) is 4.20. The first-order valence-corrected chi connectivity index (χ1v) is 8.60. The van der Waals surface area contributed by atoms with Crippen molar-refractivity contribution in [2.24, 2.45) is 0 Å². The number of nitrogens with zero attached hydrogens (tertiary/aromatic N) is 2. The van der Waals surface area contributed by atoms with Gasteiger partial charge in [0.25, 0.3) is 0 Å². The van der Waals surface area contributed by atoms with Crippen LogP contribution < -0.4 is 9.64 Å². The van der Waals surface area contributed by atoms with Gasteiger partial charge in [0.1, 0.15) is 5.75 Å². The van der Waals surface area contributed by atoms with Gasteiger partial charge >= 0.3 is 0 Å². The SMILES string of the molecule is Clc1ccccc1N1CCN(CCCOc2ccccc2)CC1. The fraction of sp³-hybridized carbons (Fsp3) is 0.368. The number of hydrogen-bond acceptors (Lipinski definition) is 3. The minimum absolute atomic E-state index is 0.773. The Morgan fingerprint density at radius 1 is 0.870 bits per heavy atom. The van der Waals surface area contributed by atoms with E-state index in [4.69, 9.17) is 16.3 Å². The second-order valence-corrected chi connectivity index (χ2v) is 6.20. The van der Waals surface area contributed by atoms with Crippen LogP contribution in [-0.4, -0.2) is 44.2 Å². The van der Waals surface area contributed by atoms with Crippen molar-refractivity contribution < 1.29 is 4.74 Å². The predicted octanol–water partition coefficient (Wildman–Crippen LogP) is 3.93. The van der Waals surface area contributed by atoms with Gasteiger partial charge in [-0.05, 0) is 30.7 Å². The standard InChI is InChI=1S/C19H23ClN2O/c20-18-9-4-5-10-19(18)22-14-12-21(13-15-22)11-6-16-23-17-7-2-1-3-8-17/h1-5,7-10H,6,11-16H2. The second kappa shape index (κ2) is 8.23. The maximum Gasteiger partial charge on any atom is 0.119 e. The van der Waals surface area contributed by atoms with E-state index in [2.05, 4.69) is 21.9 Å². The van der Waals surface area contributed by atoms with Crippen LogP contribution in [0, 0.1) is 0 Å². The van der Waals surface area contributed by atoms with Crippen LogP contribution in [0.2, 0.25) is 5.02 Å². The van der Waals surface area contributed by atoms with Gasteiger partial charge in [-0.15, -0.1) is 0 Å². The third kappa shape index (κ3) is 4.63. The molecule has 1 saturated heterocycles. The van der Waals surface area contributed by atoms with Gasteiger partial charge in [0.2, 0.25) is 0 Å². The van der Waals surface area contributed by atoms with Crippen LogP contribution in [0.25, 0.3) is 0 Å². The molecule has 2 aromatic carbocycles. The maximum absolute atomic E-state index is 6.28. The first-order valence-electron chi connectivity index (χ1n) is 8.22. The Labute approximate surface area is 143 Å². The highest BCUT2D eigenvalue weighted by Crippen LogP contribution is 2.25. The summed E-state index contributed by atoms with van der Waals surface area (Å²) in [5, 5.41) is 0.845. The van der Waals surface area contributed by atoms with Gasteiger partial charge in [-0.2, -0.15) is 0 Å². The van der Waals surface area contributed by atoms with Crippen LogP contribution in [0.3, 0.4) is 0 Å². The molecule has 0 amide bonds. The van der Waals surface area contributed by atoms with Gasteiger partial charge in [-0.25, -0.2) is 0 Å². The molecule has 0 aromatic heterocycles. The summed E-state index contributed by atoms with van der Waals surface area (Å²) in [6.07, 6.45) is 1.06. The molecule has 0 unspecified atom stereocenters. The molecule has 0 bridgehead atoms. The fourth-order valence-corrected chi connectivity index (χ4v) is 3.17. The van der Waals surface area contributed by atoms with Gasteiger partial charge in [-0.3, -0.25) is 4.90 Å². The van der Waals surface area contributed by atoms with E-state index in [1.807, 2.05) is 42.5 Å². The Balaban J connectivity index is 1.37. The molecule has 23 heavy (non-hydrogen) atoms. The van der Waals surface area contributed by atoms with Gasteiger partial charge in [0.05, 0.1) is 17.3 Å². The Morgan fingerprint density at radius 2 is 1.57 bits per heavy atom. The van der Waals surface area contributed by atoms with Gasteiger partial charge < -0.3 is 9.64 Å². The Bertz CT molecular complexity index is 597. The van der Waals surface area contributed by atoms with Crippen molar-refractivity contribution in [1.82, 2.24) is 4.90 Å². The number of rotatable bonds is 6. The van der Waals surface area contributed by atoms with E-state index in [0.29, 0.717) is 0 Å². The van der Waals surface area contributed by atoms with Crippen molar-refractivity contribution in [2.45, 2.75) is 6.42 Å². The first kappa shape index (κ1) is 16.2. The van der Waals surface area contributed by atoms with E-state index in [9.17, 15) is 0 Å². The minimum Gasteiger partial charge on any atom is -0.494 e. The lowest BCUT2D eigenvalue weighted by Gasteiger charge is -2.36. The van der Waals surface area contributed by atoms with Crippen molar-refractivity contribution in [3.05, 3.63) is 59.6 Å². The van der Waals surface area contributed by atoms with Crippen LogP contribution in [-0.2, 0) is 0 Å². The topological polar surface area (TPSA) is 15.7 Å². The summed E-state index contributed by atoms with van der Waals surface area (Å²) in [6.45, 7) is 6.08. The average molecular weight is 331 g/mol. The van der Waals surface area contributed by atoms with Crippen molar-refractivity contribution >= 4 is 17.3 Å². The first-order chi connectivity index (χ1) is 11.3. The highest BCUT2D eigenvalue weighted by Gasteiger charge is 2.18. The number of halogens is 1. The summed E-state index contributed by atoms with van der Waals surface area (Å²) in [7, 11) is 0. The number of benzene rings is 2. The van der Waals surface area contributed by atoms with Crippen LogP contribution in [0.5, 0.6) is 5.75 Å². The van der Waals surface area contributed by atoms with Crippen LogP contribution in [0.15, 0.2) is 54.6 Å². The zero-order valence-electron chi connectivity index (χ0n) is 13.3. The van der Waals surface area contributed by atoms with E-state index in [0.717, 1.165) is 62.2 Å². The van der Waals surface area contributed by atoms with Crippen molar-refractivity contribution in [3.8, 4) is 5.75 Å². The van der Waals surface area contributed by atoms with Crippen LogP contribution in [0.1, 0.15) is 6.42 Å². The highest BCUT2D eigenvalue weighted by molar-refractivity contribution is 6.33. The molecular weight excluding hydrogens is 308 g/mol. The lowest BCUT2D eigenvalue weighted by molar-refractivity contribution is 0.225. The summed E-state index contributed by atoms with van der Waals surface area (Å²) in [4.78, 5) is 4.88. The number of para-hydroxylation sites is 2. The number of hydrogen-bond donors (Lipinski definition) is 0. The van der Waals surface area contributed by atoms with Crippen molar-refractivity contribution in [3.63, 3.8) is 0 Å². The molecule has 0 atom stereocenters. The lowest BCUT2D eigenvalue weighted by atomic mass is 10.2. The molecule has 0 N–H and O–H groups in total. The van der Waals surface area contributed by atoms with Gasteiger partial charge in [0, 0.05) is 32.7 Å². The van der Waals surface area contributed by atoms with E-state index < -0.39 is 0 Å². The number of piperazine rings is 1. The van der Waals surface area contributed by atoms with Crippen molar-refractivity contribution in [1.29, 1.82) is 0 Å². The molecule has 4 heteroatoms. The predicted molar refractivity (Wildman–Crippen MR) is 96.7 cm³/mol. The monoisotopic (exact) mass is 330 g/mol. The molecule has 2 aromatic rings. The third-order valence-corrected chi connectivity index (χ3v) is 4.52. The molecule has 1 heterocycles. The molecule has 0 saturated carbocycles. The molecule has 1 fully saturated rings. The Kier molecular flexibility index (Phi) is 5.78. The smallest absolute Gasteiger partial charge is 0.119 e. The van der Waals surface area contributed by atoms with Crippen LogP contribution >= 0.6 is 11.6 Å². The number of anilines is 1. The summed E-state index contributed by atoms with van der Waals surface area (Å²) in [6, 6.07) is 18.1. The molecule has 3 nitrogen and oxygen atoms in total. The quantitative estimate of drug-likeness (QED) is 0.746. The van der Waals surface area contributed by atoms with Crippen LogP contribution in [0.4, 0.5) is 5.69 Å². The normalized spacial score (nSPS) is 15.6. The zero-order chi connectivity index (χ0) is 15.9. The maximum atomic E-state index is 6.28. The van der Waals surface area contributed by atoms with Gasteiger partial charge in [0.15, 0.2) is 0 Å². The summed E-state index contributed by atoms with van der Waals surface area (Å²) in [5.74, 6) is 0.955. The minimum atomic E-state index is 0.773. The molecule has 0 spiro atoms. The number of ether oxygens (including phenoxy) is 1. The van der Waals surface area contributed by atoms with E-state index >= 15 is 0 Å². The van der Waals surface area contributed by atoms with E-state index in [1.165, 1.54) is 0 Å². The second-order valence-electron chi connectivity index (χ2n) is 5.80. The summed E-state index contributed by atoms with van der Waals surface area (Å²) in [5.41, 5.74) is 1.15. The molecule has 3 rings (SSSR count). The van der Waals surface area contributed by atoms with E-state index in [-0.39, 0.29) is 0 Å². The molecule has 1 aliphatic rings. The molecular formula is C19H23ClN2O. The Hall–Kier alpha value is -1.71. The largest absolute Gasteiger partial charge is 0.494 e. The van der Waals surface area contributed by atoms with Gasteiger partial charge in [-0.1, -0.05) is 41.9 Å². The average Bonchev–Trinajstić information content (AvgIpc) is 2.61. The van der Waals surface area contributed by atoms with E-state index in [1.54, 1.807) is 0 Å². The lowest BCUT2D eigenvalue weighted by Crippen LogP contribution is -2.46.